The average molecular weight is 320 g/mol. The summed E-state index contributed by atoms with van der Waals surface area (Å²) in [5.41, 5.74) is 3.49. The van der Waals surface area contributed by atoms with Gasteiger partial charge in [-0.15, -0.1) is 12.4 Å². The summed E-state index contributed by atoms with van der Waals surface area (Å²) in [4.78, 5) is 0. The number of rotatable bonds is 4. The van der Waals surface area contributed by atoms with Gasteiger partial charge in [0.1, 0.15) is 5.75 Å². The van der Waals surface area contributed by atoms with Gasteiger partial charge in [0.2, 0.25) is 0 Å². The molecule has 0 aliphatic heterocycles. The van der Waals surface area contributed by atoms with Gasteiger partial charge in [-0.2, -0.15) is 0 Å². The zero-order valence-electron chi connectivity index (χ0n) is 12.4. The lowest BCUT2D eigenvalue weighted by molar-refractivity contribution is 0.168. The van der Waals surface area contributed by atoms with Gasteiger partial charge >= 0.3 is 0 Å². The van der Waals surface area contributed by atoms with Crippen LogP contribution < -0.4 is 5.32 Å². The lowest BCUT2D eigenvalue weighted by Gasteiger charge is -2.26. The maximum Gasteiger partial charge on any atom is 0.115 e. The van der Waals surface area contributed by atoms with Crippen LogP contribution in [-0.4, -0.2) is 22.8 Å². The molecule has 1 aliphatic carbocycles. The van der Waals surface area contributed by atoms with E-state index in [0.29, 0.717) is 18.3 Å². The van der Waals surface area contributed by atoms with Crippen LogP contribution in [0, 0.1) is 0 Å². The average Bonchev–Trinajstić information content (AvgIpc) is 2.53. The quantitative estimate of drug-likeness (QED) is 0.812. The maximum absolute atomic E-state index is 10.2. The third kappa shape index (κ3) is 4.01. The van der Waals surface area contributed by atoms with Crippen LogP contribution >= 0.6 is 12.4 Å². The Balaban J connectivity index is 0.00000176. The van der Waals surface area contributed by atoms with Gasteiger partial charge in [0.15, 0.2) is 0 Å². The SMILES string of the molecule is Cl.Oc1ccc2c(c1)C[C@@H](NC[C@@H](O)c1ccccc1)CC2. The first-order valence-corrected chi connectivity index (χ1v) is 7.49. The first-order valence-electron chi connectivity index (χ1n) is 7.49. The highest BCUT2D eigenvalue weighted by Gasteiger charge is 2.19. The normalized spacial score (nSPS) is 18.1. The van der Waals surface area contributed by atoms with E-state index in [0.717, 1.165) is 24.8 Å². The first kappa shape index (κ1) is 16.8. The molecule has 0 unspecified atom stereocenters. The highest BCUT2D eigenvalue weighted by Crippen LogP contribution is 2.25. The van der Waals surface area contributed by atoms with Crippen molar-refractivity contribution in [1.29, 1.82) is 0 Å². The Morgan fingerprint density at radius 1 is 1.09 bits per heavy atom. The zero-order valence-corrected chi connectivity index (χ0v) is 13.2. The third-order valence-corrected chi connectivity index (χ3v) is 4.20. The molecule has 1 aliphatic rings. The molecule has 3 N–H and O–H groups in total. The molecule has 0 saturated carbocycles. The second-order valence-corrected chi connectivity index (χ2v) is 5.73. The van der Waals surface area contributed by atoms with Crippen LogP contribution in [0.25, 0.3) is 0 Å². The fourth-order valence-electron chi connectivity index (χ4n) is 2.99. The van der Waals surface area contributed by atoms with E-state index in [9.17, 15) is 10.2 Å². The number of aliphatic hydroxyl groups is 1. The van der Waals surface area contributed by atoms with Crippen LogP contribution in [0.5, 0.6) is 5.75 Å². The fraction of sp³-hybridized carbons (Fsp3) is 0.333. The van der Waals surface area contributed by atoms with Crippen LogP contribution in [-0.2, 0) is 12.8 Å². The molecule has 3 nitrogen and oxygen atoms in total. The minimum Gasteiger partial charge on any atom is -0.508 e. The number of phenolic OH excluding ortho intramolecular Hbond substituents is 1. The molecule has 0 aromatic heterocycles. The first-order chi connectivity index (χ1) is 10.2. The Morgan fingerprint density at radius 2 is 1.86 bits per heavy atom. The molecule has 0 heterocycles. The van der Waals surface area contributed by atoms with Crippen LogP contribution in [0.4, 0.5) is 0 Å². The Kier molecular flexibility index (Phi) is 5.83. The van der Waals surface area contributed by atoms with E-state index in [1.165, 1.54) is 11.1 Å². The Hall–Kier alpha value is -1.55. The molecule has 118 valence electrons. The summed E-state index contributed by atoms with van der Waals surface area (Å²) in [6.07, 6.45) is 2.52. The highest BCUT2D eigenvalue weighted by molar-refractivity contribution is 5.85. The topological polar surface area (TPSA) is 52.5 Å². The molecule has 0 spiro atoms. The monoisotopic (exact) mass is 319 g/mol. The van der Waals surface area contributed by atoms with Crippen molar-refractivity contribution in [2.45, 2.75) is 31.4 Å². The smallest absolute Gasteiger partial charge is 0.115 e. The van der Waals surface area contributed by atoms with Gasteiger partial charge < -0.3 is 15.5 Å². The van der Waals surface area contributed by atoms with Crippen molar-refractivity contribution in [3.8, 4) is 5.75 Å². The van der Waals surface area contributed by atoms with Gasteiger partial charge in [0.05, 0.1) is 6.10 Å². The molecular formula is C18H22ClNO2. The molecule has 3 rings (SSSR count). The van der Waals surface area contributed by atoms with Gasteiger partial charge in [-0.25, -0.2) is 0 Å². The van der Waals surface area contributed by atoms with E-state index in [-0.39, 0.29) is 12.4 Å². The van der Waals surface area contributed by atoms with E-state index in [4.69, 9.17) is 0 Å². The van der Waals surface area contributed by atoms with E-state index in [1.807, 2.05) is 42.5 Å². The number of fused-ring (bicyclic) bond motifs is 1. The number of nitrogens with one attached hydrogen (secondary N) is 1. The number of aromatic hydroxyl groups is 1. The molecule has 22 heavy (non-hydrogen) atoms. The van der Waals surface area contributed by atoms with Gasteiger partial charge in [0, 0.05) is 12.6 Å². The summed E-state index contributed by atoms with van der Waals surface area (Å²) >= 11 is 0. The van der Waals surface area contributed by atoms with Crippen molar-refractivity contribution >= 4 is 12.4 Å². The summed E-state index contributed by atoms with van der Waals surface area (Å²) in [6.45, 7) is 0.558. The number of phenols is 1. The van der Waals surface area contributed by atoms with Crippen molar-refractivity contribution in [2.75, 3.05) is 6.54 Å². The van der Waals surface area contributed by atoms with Crippen LogP contribution in [0.1, 0.15) is 29.2 Å². The van der Waals surface area contributed by atoms with Gasteiger partial charge in [-0.3, -0.25) is 0 Å². The maximum atomic E-state index is 10.2. The standard InChI is InChI=1S/C18H21NO2.ClH/c20-17-9-7-13-6-8-16(10-15(13)11-17)19-12-18(21)14-4-2-1-3-5-14;/h1-5,7,9,11,16,18-21H,6,8,10,12H2;1H/t16-,18+;/m0./s1. The summed E-state index contributed by atoms with van der Waals surface area (Å²) in [7, 11) is 0. The van der Waals surface area contributed by atoms with Crippen molar-refractivity contribution < 1.29 is 10.2 Å². The molecule has 0 amide bonds. The second-order valence-electron chi connectivity index (χ2n) is 5.73. The summed E-state index contributed by atoms with van der Waals surface area (Å²) in [5.74, 6) is 0.332. The Morgan fingerprint density at radius 3 is 2.64 bits per heavy atom. The molecular weight excluding hydrogens is 298 g/mol. The lowest BCUT2D eigenvalue weighted by Crippen LogP contribution is -2.37. The number of hydrogen-bond donors (Lipinski definition) is 3. The minimum absolute atomic E-state index is 0. The van der Waals surface area contributed by atoms with Crippen molar-refractivity contribution in [3.05, 3.63) is 65.2 Å². The number of halogens is 1. The van der Waals surface area contributed by atoms with E-state index in [2.05, 4.69) is 5.32 Å². The molecule has 2 atom stereocenters. The van der Waals surface area contributed by atoms with Crippen molar-refractivity contribution in [3.63, 3.8) is 0 Å². The summed E-state index contributed by atoms with van der Waals surface area (Å²) in [5, 5.41) is 23.2. The predicted octanol–water partition coefficient (Wildman–Crippen LogP) is 2.99. The minimum atomic E-state index is -0.475. The van der Waals surface area contributed by atoms with Crippen LogP contribution in [0.2, 0.25) is 0 Å². The summed E-state index contributed by atoms with van der Waals surface area (Å²) in [6, 6.07) is 15.7. The van der Waals surface area contributed by atoms with E-state index < -0.39 is 6.10 Å². The van der Waals surface area contributed by atoms with E-state index >= 15 is 0 Å². The molecule has 0 fully saturated rings. The zero-order chi connectivity index (χ0) is 14.7. The van der Waals surface area contributed by atoms with Crippen molar-refractivity contribution in [2.24, 2.45) is 0 Å². The fourth-order valence-corrected chi connectivity index (χ4v) is 2.99. The molecule has 0 bridgehead atoms. The van der Waals surface area contributed by atoms with Gasteiger partial charge in [-0.1, -0.05) is 36.4 Å². The Bertz CT molecular complexity index is 603. The lowest BCUT2D eigenvalue weighted by atomic mass is 9.88. The molecule has 4 heteroatoms. The number of benzene rings is 2. The third-order valence-electron chi connectivity index (χ3n) is 4.20. The number of hydrogen-bond acceptors (Lipinski definition) is 3. The molecule has 2 aromatic rings. The predicted molar refractivity (Wildman–Crippen MR) is 90.6 cm³/mol. The largest absolute Gasteiger partial charge is 0.508 e. The van der Waals surface area contributed by atoms with Gasteiger partial charge in [0.25, 0.3) is 0 Å². The van der Waals surface area contributed by atoms with E-state index in [1.54, 1.807) is 6.07 Å². The summed E-state index contributed by atoms with van der Waals surface area (Å²) < 4.78 is 0. The van der Waals surface area contributed by atoms with Crippen LogP contribution in [0.15, 0.2) is 48.5 Å². The molecule has 0 radical (unpaired) electrons. The molecule has 2 aromatic carbocycles. The highest BCUT2D eigenvalue weighted by atomic mass is 35.5. The van der Waals surface area contributed by atoms with Gasteiger partial charge in [-0.05, 0) is 48.1 Å². The van der Waals surface area contributed by atoms with Crippen LogP contribution in [0.3, 0.4) is 0 Å². The number of aliphatic hydroxyl groups excluding tert-OH is 1. The molecule has 0 saturated heterocycles. The second kappa shape index (κ2) is 7.63. The van der Waals surface area contributed by atoms with Crippen molar-refractivity contribution in [1.82, 2.24) is 5.32 Å². The Labute approximate surface area is 137 Å². The number of aryl methyl sites for hydroxylation is 1.